The van der Waals surface area contributed by atoms with Crippen LogP contribution in [0.25, 0.3) is 0 Å². The molecular weight excluding hydrogens is 312 g/mol. The van der Waals surface area contributed by atoms with E-state index >= 15 is 0 Å². The lowest BCUT2D eigenvalue weighted by atomic mass is 10.3. The maximum absolute atomic E-state index is 10.8. The van der Waals surface area contributed by atoms with E-state index in [0.717, 1.165) is 19.4 Å². The zero-order valence-electron chi connectivity index (χ0n) is 14.5. The van der Waals surface area contributed by atoms with Crippen LogP contribution in [0.1, 0.15) is 32.6 Å². The third kappa shape index (κ3) is 11.8. The zero-order chi connectivity index (χ0) is 17.8. The van der Waals surface area contributed by atoms with Gasteiger partial charge in [-0.2, -0.15) is 0 Å². The molecule has 0 radical (unpaired) electrons. The molecule has 6 heteroatoms. The van der Waals surface area contributed by atoms with Crippen molar-refractivity contribution in [2.45, 2.75) is 38.7 Å². The summed E-state index contributed by atoms with van der Waals surface area (Å²) < 4.78 is 20.0. The lowest BCUT2D eigenvalue weighted by Crippen LogP contribution is -2.06. The van der Waals surface area contributed by atoms with Gasteiger partial charge < -0.3 is 18.9 Å². The van der Waals surface area contributed by atoms with Crippen LogP contribution in [0.3, 0.4) is 0 Å². The van der Waals surface area contributed by atoms with Crippen molar-refractivity contribution in [3.05, 3.63) is 24.8 Å². The highest BCUT2D eigenvalue weighted by molar-refractivity contribution is 5.86. The second-order valence-corrected chi connectivity index (χ2v) is 5.93. The van der Waals surface area contributed by atoms with Crippen molar-refractivity contribution in [3.63, 3.8) is 0 Å². The summed E-state index contributed by atoms with van der Waals surface area (Å²) in [4.78, 5) is 21.4. The largest absolute Gasteiger partial charge is 0.463 e. The van der Waals surface area contributed by atoms with Crippen LogP contribution in [0.15, 0.2) is 24.8 Å². The number of rotatable bonds is 11. The summed E-state index contributed by atoms with van der Waals surface area (Å²) in [7, 11) is 0. The van der Waals surface area contributed by atoms with E-state index in [0.29, 0.717) is 44.0 Å². The molecule has 1 atom stereocenters. The first-order valence-electron chi connectivity index (χ1n) is 8.34. The Balaban J connectivity index is 0.000000254. The van der Waals surface area contributed by atoms with Crippen molar-refractivity contribution < 1.29 is 28.5 Å². The van der Waals surface area contributed by atoms with Gasteiger partial charge in [0.25, 0.3) is 0 Å². The summed E-state index contributed by atoms with van der Waals surface area (Å²) in [5, 5.41) is 0. The Labute approximate surface area is 143 Å². The summed E-state index contributed by atoms with van der Waals surface area (Å²) in [5.41, 5.74) is 0.487. The highest BCUT2D eigenvalue weighted by Gasteiger charge is 2.23. The van der Waals surface area contributed by atoms with Gasteiger partial charge in [-0.05, 0) is 38.5 Å². The molecule has 1 unspecified atom stereocenters. The molecule has 6 nitrogen and oxygen atoms in total. The van der Waals surface area contributed by atoms with Crippen molar-refractivity contribution in [1.29, 1.82) is 0 Å². The lowest BCUT2D eigenvalue weighted by molar-refractivity contribution is -0.139. The minimum atomic E-state index is -0.364. The molecular formula is C18H28O6. The van der Waals surface area contributed by atoms with Crippen LogP contribution in [0.2, 0.25) is 0 Å². The predicted molar refractivity (Wildman–Crippen MR) is 89.4 cm³/mol. The SMILES string of the molecule is C=C(C)C(=O)OCC1CC1.C=CC(=O)OCCCCOCC1CO1. The van der Waals surface area contributed by atoms with Gasteiger partial charge in [0, 0.05) is 18.3 Å². The predicted octanol–water partition coefficient (Wildman–Crippen LogP) is 2.43. The summed E-state index contributed by atoms with van der Waals surface area (Å²) in [5.74, 6) is 0.0208. The Morgan fingerprint density at radius 1 is 1.17 bits per heavy atom. The first kappa shape index (κ1) is 20.4. The fraction of sp³-hybridized carbons (Fsp3) is 0.667. The summed E-state index contributed by atoms with van der Waals surface area (Å²) in [6, 6.07) is 0. The molecule has 0 aromatic heterocycles. The molecule has 1 saturated heterocycles. The molecule has 0 amide bonds. The van der Waals surface area contributed by atoms with Crippen LogP contribution in [0.4, 0.5) is 0 Å². The van der Waals surface area contributed by atoms with E-state index in [1.807, 2.05) is 0 Å². The van der Waals surface area contributed by atoms with Crippen molar-refractivity contribution in [2.75, 3.05) is 33.0 Å². The van der Waals surface area contributed by atoms with Crippen LogP contribution in [-0.4, -0.2) is 51.1 Å². The number of hydrogen-bond acceptors (Lipinski definition) is 6. The minimum Gasteiger partial charge on any atom is -0.463 e. The van der Waals surface area contributed by atoms with Crippen molar-refractivity contribution >= 4 is 11.9 Å². The molecule has 1 aliphatic heterocycles. The van der Waals surface area contributed by atoms with E-state index in [-0.39, 0.29) is 11.9 Å². The van der Waals surface area contributed by atoms with Gasteiger partial charge in [0.15, 0.2) is 0 Å². The molecule has 0 bridgehead atoms. The average molecular weight is 340 g/mol. The van der Waals surface area contributed by atoms with Gasteiger partial charge in [0.2, 0.25) is 0 Å². The zero-order valence-corrected chi connectivity index (χ0v) is 14.5. The van der Waals surface area contributed by atoms with Gasteiger partial charge in [-0.3, -0.25) is 0 Å². The Hall–Kier alpha value is -1.66. The summed E-state index contributed by atoms with van der Waals surface area (Å²) in [6.45, 7) is 11.7. The van der Waals surface area contributed by atoms with Crippen LogP contribution in [-0.2, 0) is 28.5 Å². The molecule has 136 valence electrons. The third-order valence-electron chi connectivity index (χ3n) is 3.30. The molecule has 0 N–H and O–H groups in total. The van der Waals surface area contributed by atoms with E-state index in [1.165, 1.54) is 18.9 Å². The number of carbonyl (C=O) groups excluding carboxylic acids is 2. The summed E-state index contributed by atoms with van der Waals surface area (Å²) in [6.07, 6.45) is 5.64. The molecule has 1 aliphatic carbocycles. The highest BCUT2D eigenvalue weighted by atomic mass is 16.6. The maximum atomic E-state index is 10.8. The lowest BCUT2D eigenvalue weighted by Gasteiger charge is -2.02. The maximum Gasteiger partial charge on any atom is 0.333 e. The van der Waals surface area contributed by atoms with Gasteiger partial charge in [0.05, 0.1) is 26.4 Å². The molecule has 1 saturated carbocycles. The Morgan fingerprint density at radius 3 is 2.38 bits per heavy atom. The van der Waals surface area contributed by atoms with Crippen molar-refractivity contribution in [3.8, 4) is 0 Å². The second-order valence-electron chi connectivity index (χ2n) is 5.93. The molecule has 0 spiro atoms. The first-order chi connectivity index (χ1) is 11.5. The molecule has 0 aromatic carbocycles. The van der Waals surface area contributed by atoms with Crippen LogP contribution < -0.4 is 0 Å². The molecule has 2 rings (SSSR count). The number of epoxide rings is 1. The molecule has 1 heterocycles. The van der Waals surface area contributed by atoms with Gasteiger partial charge in [0.1, 0.15) is 6.10 Å². The van der Waals surface area contributed by atoms with Gasteiger partial charge >= 0.3 is 11.9 Å². The number of unbranched alkanes of at least 4 members (excludes halogenated alkanes) is 1. The minimum absolute atomic E-state index is 0.257. The van der Waals surface area contributed by atoms with E-state index < -0.39 is 0 Å². The molecule has 0 aromatic rings. The van der Waals surface area contributed by atoms with E-state index in [9.17, 15) is 9.59 Å². The second kappa shape index (κ2) is 11.8. The van der Waals surface area contributed by atoms with Gasteiger partial charge in [-0.25, -0.2) is 9.59 Å². The van der Waals surface area contributed by atoms with Gasteiger partial charge in [-0.1, -0.05) is 13.2 Å². The topological polar surface area (TPSA) is 74.4 Å². The summed E-state index contributed by atoms with van der Waals surface area (Å²) >= 11 is 0. The standard InChI is InChI=1S/C10H16O4.C8H12O2/c1-2-10(11)13-6-4-3-5-12-7-9-8-14-9;1-6(2)8(9)10-5-7-3-4-7/h2,9H,1,3-8H2;7H,1,3-5H2,2H3. The normalized spacial score (nSPS) is 18.0. The Morgan fingerprint density at radius 2 is 1.83 bits per heavy atom. The third-order valence-corrected chi connectivity index (χ3v) is 3.30. The number of carbonyl (C=O) groups is 2. The van der Waals surface area contributed by atoms with E-state index in [4.69, 9.17) is 18.9 Å². The Kier molecular flexibility index (Phi) is 10.0. The monoisotopic (exact) mass is 340 g/mol. The first-order valence-corrected chi connectivity index (χ1v) is 8.34. The average Bonchev–Trinajstić information content (AvgIpc) is 3.46. The smallest absolute Gasteiger partial charge is 0.333 e. The molecule has 2 fully saturated rings. The van der Waals surface area contributed by atoms with Gasteiger partial charge in [-0.15, -0.1) is 0 Å². The quantitative estimate of drug-likeness (QED) is 0.249. The fourth-order valence-corrected chi connectivity index (χ4v) is 1.52. The Bertz CT molecular complexity index is 423. The van der Waals surface area contributed by atoms with E-state index in [1.54, 1.807) is 6.92 Å². The van der Waals surface area contributed by atoms with Crippen LogP contribution in [0, 0.1) is 5.92 Å². The number of hydrogen-bond donors (Lipinski definition) is 0. The molecule has 24 heavy (non-hydrogen) atoms. The number of ether oxygens (including phenoxy) is 4. The number of esters is 2. The fourth-order valence-electron chi connectivity index (χ4n) is 1.52. The highest BCUT2D eigenvalue weighted by Crippen LogP contribution is 2.28. The van der Waals surface area contributed by atoms with E-state index in [2.05, 4.69) is 13.2 Å². The van der Waals surface area contributed by atoms with Crippen LogP contribution >= 0.6 is 0 Å². The van der Waals surface area contributed by atoms with Crippen molar-refractivity contribution in [2.24, 2.45) is 5.92 Å². The molecule has 2 aliphatic rings. The van der Waals surface area contributed by atoms with Crippen LogP contribution in [0.5, 0.6) is 0 Å². The van der Waals surface area contributed by atoms with Crippen molar-refractivity contribution in [1.82, 2.24) is 0 Å².